The second-order valence-corrected chi connectivity index (χ2v) is 6.13. The smallest absolute Gasteiger partial charge is 0.191 e. The molecule has 0 fully saturated rings. The number of hydrogen-bond acceptors (Lipinski definition) is 3. The first-order chi connectivity index (χ1) is 11.7. The van der Waals surface area contributed by atoms with Crippen LogP contribution in [0, 0.1) is 5.92 Å². The molecule has 0 amide bonds. The molecule has 0 bridgehead atoms. The monoisotopic (exact) mass is 331 g/mol. The van der Waals surface area contributed by atoms with Gasteiger partial charge in [0.05, 0.1) is 0 Å². The Bertz CT molecular complexity index is 598. The van der Waals surface area contributed by atoms with Crippen LogP contribution in [0.2, 0.25) is 0 Å². The minimum Gasteiger partial charge on any atom is -0.357 e. The van der Waals surface area contributed by atoms with Crippen molar-refractivity contribution in [3.8, 4) is 0 Å². The van der Waals surface area contributed by atoms with Gasteiger partial charge in [0.25, 0.3) is 0 Å². The number of aryl methyl sites for hydroxylation is 1. The highest BCUT2D eigenvalue weighted by Crippen LogP contribution is 2.04. The van der Waals surface area contributed by atoms with E-state index in [2.05, 4.69) is 51.0 Å². The molecule has 0 aliphatic rings. The lowest BCUT2D eigenvalue weighted by Gasteiger charge is -2.12. The van der Waals surface area contributed by atoms with Crippen LogP contribution in [0.15, 0.2) is 35.8 Å². The van der Waals surface area contributed by atoms with Gasteiger partial charge in [-0.1, -0.05) is 13.8 Å². The first-order valence-corrected chi connectivity index (χ1v) is 8.68. The van der Waals surface area contributed by atoms with Gasteiger partial charge in [0.15, 0.2) is 5.96 Å². The van der Waals surface area contributed by atoms with Gasteiger partial charge in [-0.3, -0.25) is 4.68 Å². The average molecular weight is 331 g/mol. The maximum Gasteiger partial charge on any atom is 0.191 e. The van der Waals surface area contributed by atoms with Crippen molar-refractivity contribution in [1.82, 2.24) is 30.0 Å². The zero-order valence-corrected chi connectivity index (χ0v) is 14.9. The molecule has 2 rings (SSSR count). The molecule has 0 spiro atoms. The maximum absolute atomic E-state index is 4.65. The van der Waals surface area contributed by atoms with Gasteiger partial charge in [0.2, 0.25) is 0 Å². The van der Waals surface area contributed by atoms with Crippen molar-refractivity contribution in [3.63, 3.8) is 0 Å². The summed E-state index contributed by atoms with van der Waals surface area (Å²) >= 11 is 0. The topological polar surface area (TPSA) is 72.1 Å². The van der Waals surface area contributed by atoms with Gasteiger partial charge in [0.1, 0.15) is 12.4 Å². The van der Waals surface area contributed by atoms with E-state index in [9.17, 15) is 0 Å². The number of aliphatic imine (C=N–C) groups is 1. The molecule has 0 radical (unpaired) electrons. The molecule has 7 heteroatoms. The van der Waals surface area contributed by atoms with Gasteiger partial charge in [0, 0.05) is 51.0 Å². The highest BCUT2D eigenvalue weighted by molar-refractivity contribution is 5.79. The molecule has 0 atom stereocenters. The fourth-order valence-corrected chi connectivity index (χ4v) is 2.42. The van der Waals surface area contributed by atoms with Gasteiger partial charge in [-0.2, -0.15) is 5.10 Å². The van der Waals surface area contributed by atoms with Crippen molar-refractivity contribution in [2.75, 3.05) is 13.1 Å². The quantitative estimate of drug-likeness (QED) is 0.418. The Morgan fingerprint density at radius 1 is 1.25 bits per heavy atom. The fraction of sp³-hybridized carbons (Fsp3) is 0.588. The number of rotatable bonds is 9. The van der Waals surface area contributed by atoms with E-state index in [1.54, 1.807) is 6.20 Å². The highest BCUT2D eigenvalue weighted by atomic mass is 15.3. The van der Waals surface area contributed by atoms with Gasteiger partial charge in [-0.05, 0) is 25.3 Å². The Kier molecular flexibility index (Phi) is 7.32. The lowest BCUT2D eigenvalue weighted by atomic mass is 10.2. The fourth-order valence-electron chi connectivity index (χ4n) is 2.42. The van der Waals surface area contributed by atoms with Crippen molar-refractivity contribution < 1.29 is 0 Å². The number of guanidine groups is 1. The second kappa shape index (κ2) is 9.75. The summed E-state index contributed by atoms with van der Waals surface area (Å²) in [6, 6.07) is 1.94. The van der Waals surface area contributed by atoms with Crippen LogP contribution < -0.4 is 10.6 Å². The highest BCUT2D eigenvalue weighted by Gasteiger charge is 2.05. The van der Waals surface area contributed by atoms with Crippen molar-refractivity contribution in [2.45, 2.75) is 46.8 Å². The van der Waals surface area contributed by atoms with Gasteiger partial charge >= 0.3 is 0 Å². The predicted molar refractivity (Wildman–Crippen MR) is 96.7 cm³/mol. The molecule has 24 heavy (non-hydrogen) atoms. The summed E-state index contributed by atoms with van der Waals surface area (Å²) in [4.78, 5) is 9.07. The number of nitrogens with zero attached hydrogens (tertiary/aromatic N) is 5. The molecule has 0 unspecified atom stereocenters. The first-order valence-electron chi connectivity index (χ1n) is 8.68. The minimum atomic E-state index is 0.578. The molecule has 132 valence electrons. The average Bonchev–Trinajstić information content (AvgIpc) is 3.20. The zero-order valence-electron chi connectivity index (χ0n) is 14.9. The largest absolute Gasteiger partial charge is 0.357 e. The van der Waals surface area contributed by atoms with E-state index < -0.39 is 0 Å². The number of aromatic nitrogens is 4. The summed E-state index contributed by atoms with van der Waals surface area (Å²) in [6.07, 6.45) is 8.65. The van der Waals surface area contributed by atoms with Gasteiger partial charge in [-0.25, -0.2) is 9.98 Å². The van der Waals surface area contributed by atoms with Crippen molar-refractivity contribution in [1.29, 1.82) is 0 Å². The van der Waals surface area contributed by atoms with Crippen LogP contribution in [0.25, 0.3) is 0 Å². The third kappa shape index (κ3) is 6.06. The summed E-state index contributed by atoms with van der Waals surface area (Å²) in [7, 11) is 0. The summed E-state index contributed by atoms with van der Waals surface area (Å²) < 4.78 is 4.11. The molecular formula is C17H29N7. The third-order valence-electron chi connectivity index (χ3n) is 3.50. The summed E-state index contributed by atoms with van der Waals surface area (Å²) in [5, 5.41) is 10.8. The van der Waals surface area contributed by atoms with Gasteiger partial charge < -0.3 is 15.2 Å². The van der Waals surface area contributed by atoms with Crippen LogP contribution in [0.5, 0.6) is 0 Å². The molecule has 0 saturated heterocycles. The number of nitrogens with one attached hydrogen (secondary N) is 2. The Balaban J connectivity index is 1.82. The van der Waals surface area contributed by atoms with Crippen LogP contribution in [0.1, 0.15) is 33.0 Å². The Hall–Kier alpha value is -2.31. The second-order valence-electron chi connectivity index (χ2n) is 6.13. The summed E-state index contributed by atoms with van der Waals surface area (Å²) in [5.41, 5.74) is 0. The molecule has 2 N–H and O–H groups in total. The third-order valence-corrected chi connectivity index (χ3v) is 3.50. The Morgan fingerprint density at radius 3 is 2.83 bits per heavy atom. The van der Waals surface area contributed by atoms with E-state index in [-0.39, 0.29) is 0 Å². The summed E-state index contributed by atoms with van der Waals surface area (Å²) in [6.45, 7) is 10.6. The van der Waals surface area contributed by atoms with E-state index in [0.717, 1.165) is 44.4 Å². The number of hydrogen-bond donors (Lipinski definition) is 2. The molecule has 0 aliphatic heterocycles. The standard InChI is InChI=1S/C17H29N7/c1-4-18-17(20-7-5-10-24-11-6-8-22-24)21-13-16-19-9-12-23(16)14-15(2)3/h6,8-9,11-12,15H,4-5,7,10,13-14H2,1-3H3,(H2,18,20,21). The van der Waals surface area contributed by atoms with E-state index >= 15 is 0 Å². The van der Waals surface area contributed by atoms with Crippen molar-refractivity contribution in [2.24, 2.45) is 10.9 Å². The van der Waals surface area contributed by atoms with E-state index in [0.29, 0.717) is 12.5 Å². The molecule has 0 saturated carbocycles. The van der Waals surface area contributed by atoms with Gasteiger partial charge in [-0.15, -0.1) is 0 Å². The SMILES string of the molecule is CCNC(=NCc1nccn1CC(C)C)NCCCn1cccn1. The normalized spacial score (nSPS) is 11.9. The molecule has 2 aromatic rings. The van der Waals surface area contributed by atoms with Crippen LogP contribution in [0.4, 0.5) is 0 Å². The van der Waals surface area contributed by atoms with Crippen LogP contribution in [0.3, 0.4) is 0 Å². The van der Waals surface area contributed by atoms with Crippen molar-refractivity contribution in [3.05, 3.63) is 36.7 Å². The predicted octanol–water partition coefficient (Wildman–Crippen LogP) is 1.88. The minimum absolute atomic E-state index is 0.578. The Labute approximate surface area is 144 Å². The van der Waals surface area contributed by atoms with Crippen LogP contribution in [-0.4, -0.2) is 38.4 Å². The van der Waals surface area contributed by atoms with E-state index in [1.807, 2.05) is 29.3 Å². The molecular weight excluding hydrogens is 302 g/mol. The molecule has 0 aliphatic carbocycles. The van der Waals surface area contributed by atoms with E-state index in [1.165, 1.54) is 0 Å². The molecule has 2 aromatic heterocycles. The lowest BCUT2D eigenvalue weighted by molar-refractivity contribution is 0.507. The van der Waals surface area contributed by atoms with Crippen LogP contribution in [-0.2, 0) is 19.6 Å². The van der Waals surface area contributed by atoms with Crippen molar-refractivity contribution >= 4 is 5.96 Å². The first kappa shape index (κ1) is 18.0. The maximum atomic E-state index is 4.65. The summed E-state index contributed by atoms with van der Waals surface area (Å²) in [5.74, 6) is 2.42. The number of imidazole rings is 1. The van der Waals surface area contributed by atoms with E-state index in [4.69, 9.17) is 0 Å². The Morgan fingerprint density at radius 2 is 2.12 bits per heavy atom. The lowest BCUT2D eigenvalue weighted by Crippen LogP contribution is -2.38. The molecule has 2 heterocycles. The van der Waals surface area contributed by atoms with Crippen LogP contribution >= 0.6 is 0 Å². The molecule has 0 aromatic carbocycles. The molecule has 7 nitrogen and oxygen atoms in total. The zero-order chi connectivity index (χ0) is 17.2.